The van der Waals surface area contributed by atoms with Crippen LogP contribution in [0.15, 0.2) is 30.3 Å². The molecule has 0 saturated carbocycles. The molecule has 0 aliphatic carbocycles. The predicted molar refractivity (Wildman–Crippen MR) is 109 cm³/mol. The summed E-state index contributed by atoms with van der Waals surface area (Å²) in [7, 11) is 0. The second kappa shape index (κ2) is 9.04. The lowest BCUT2D eigenvalue weighted by Gasteiger charge is -2.19. The largest absolute Gasteiger partial charge is 0.484 e. The van der Waals surface area contributed by atoms with Crippen LogP contribution in [-0.4, -0.2) is 25.1 Å². The third kappa shape index (κ3) is 5.82. The molecule has 2 aromatic rings. The Kier molecular flexibility index (Phi) is 7.02. The van der Waals surface area contributed by atoms with Gasteiger partial charge in [-0.2, -0.15) is 0 Å². The highest BCUT2D eigenvalue weighted by molar-refractivity contribution is 7.16. The van der Waals surface area contributed by atoms with Gasteiger partial charge in [-0.05, 0) is 42.5 Å². The fourth-order valence-corrected chi connectivity index (χ4v) is 3.43. The molecule has 0 aliphatic heterocycles. The molecule has 0 atom stereocenters. The maximum absolute atomic E-state index is 12.3. The van der Waals surface area contributed by atoms with Crippen molar-refractivity contribution in [2.24, 2.45) is 0 Å². The second-order valence-electron chi connectivity index (χ2n) is 7.14. The van der Waals surface area contributed by atoms with Crippen LogP contribution in [0, 0.1) is 0 Å². The van der Waals surface area contributed by atoms with Crippen LogP contribution in [0.4, 0.5) is 5.00 Å². The van der Waals surface area contributed by atoms with Gasteiger partial charge in [0.05, 0.1) is 12.2 Å². The van der Waals surface area contributed by atoms with Gasteiger partial charge in [0.1, 0.15) is 10.8 Å². The van der Waals surface area contributed by atoms with E-state index in [0.717, 1.165) is 11.3 Å². The molecule has 146 valence electrons. The Bertz CT molecular complexity index is 788. The Balaban J connectivity index is 1.99. The highest BCUT2D eigenvalue weighted by atomic mass is 32.1. The van der Waals surface area contributed by atoms with Crippen molar-refractivity contribution in [2.45, 2.75) is 46.5 Å². The van der Waals surface area contributed by atoms with Gasteiger partial charge in [-0.25, -0.2) is 4.79 Å². The summed E-state index contributed by atoms with van der Waals surface area (Å²) in [5.74, 6) is -0.114. The van der Waals surface area contributed by atoms with Gasteiger partial charge >= 0.3 is 5.97 Å². The topological polar surface area (TPSA) is 64.6 Å². The summed E-state index contributed by atoms with van der Waals surface area (Å²) >= 11 is 1.38. The highest BCUT2D eigenvalue weighted by Gasteiger charge is 2.19. The zero-order valence-electron chi connectivity index (χ0n) is 16.5. The van der Waals surface area contributed by atoms with Crippen LogP contribution < -0.4 is 10.1 Å². The van der Waals surface area contributed by atoms with Gasteiger partial charge in [0, 0.05) is 4.88 Å². The van der Waals surface area contributed by atoms with E-state index in [1.54, 1.807) is 13.0 Å². The molecule has 0 unspecified atom stereocenters. The number of amides is 1. The number of nitrogens with one attached hydrogen (secondary N) is 1. The number of benzene rings is 1. The number of esters is 1. The Morgan fingerprint density at radius 1 is 1.11 bits per heavy atom. The number of anilines is 1. The number of thiophene rings is 1. The maximum atomic E-state index is 12.3. The maximum Gasteiger partial charge on any atom is 0.341 e. The van der Waals surface area contributed by atoms with Gasteiger partial charge in [-0.3, -0.25) is 4.79 Å². The summed E-state index contributed by atoms with van der Waals surface area (Å²) in [4.78, 5) is 25.3. The second-order valence-corrected chi connectivity index (χ2v) is 8.28. The van der Waals surface area contributed by atoms with Gasteiger partial charge < -0.3 is 14.8 Å². The van der Waals surface area contributed by atoms with E-state index in [1.807, 2.05) is 31.2 Å². The smallest absolute Gasteiger partial charge is 0.341 e. The van der Waals surface area contributed by atoms with Crippen LogP contribution in [0.2, 0.25) is 0 Å². The Labute approximate surface area is 164 Å². The van der Waals surface area contributed by atoms with Crippen molar-refractivity contribution in [3.8, 4) is 5.75 Å². The minimum absolute atomic E-state index is 0.0650. The van der Waals surface area contributed by atoms with E-state index in [9.17, 15) is 9.59 Å². The third-order valence-corrected chi connectivity index (χ3v) is 5.16. The monoisotopic (exact) mass is 389 g/mol. The number of ether oxygens (including phenoxy) is 2. The molecule has 5 nitrogen and oxygen atoms in total. The number of carbonyl (C=O) groups is 2. The van der Waals surface area contributed by atoms with Crippen molar-refractivity contribution in [2.75, 3.05) is 18.5 Å². The first-order valence-corrected chi connectivity index (χ1v) is 9.89. The number of carbonyl (C=O) groups excluding carboxylic acids is 2. The van der Waals surface area contributed by atoms with Gasteiger partial charge in [0.15, 0.2) is 6.61 Å². The molecule has 0 radical (unpaired) electrons. The van der Waals surface area contributed by atoms with Crippen molar-refractivity contribution >= 4 is 28.2 Å². The van der Waals surface area contributed by atoms with Crippen molar-refractivity contribution in [1.29, 1.82) is 0 Å². The molecular formula is C21H27NO4S. The van der Waals surface area contributed by atoms with Crippen LogP contribution in [0.5, 0.6) is 5.75 Å². The lowest BCUT2D eigenvalue weighted by atomic mass is 9.87. The molecule has 0 spiro atoms. The van der Waals surface area contributed by atoms with Crippen molar-refractivity contribution < 1.29 is 19.1 Å². The van der Waals surface area contributed by atoms with E-state index in [-0.39, 0.29) is 24.5 Å². The van der Waals surface area contributed by atoms with Crippen molar-refractivity contribution in [3.63, 3.8) is 0 Å². The van der Waals surface area contributed by atoms with Crippen molar-refractivity contribution in [3.05, 3.63) is 46.3 Å². The SMILES string of the molecule is CCOC(=O)c1cc(CC)sc1NC(=O)COc1ccc(C(C)(C)C)cc1. The molecule has 1 heterocycles. The van der Waals surface area contributed by atoms with E-state index in [1.165, 1.54) is 16.9 Å². The van der Waals surface area contributed by atoms with Gasteiger partial charge in [-0.15, -0.1) is 11.3 Å². The zero-order valence-corrected chi connectivity index (χ0v) is 17.4. The van der Waals surface area contributed by atoms with E-state index in [0.29, 0.717) is 16.3 Å². The van der Waals surface area contributed by atoms with Crippen LogP contribution >= 0.6 is 11.3 Å². The number of rotatable bonds is 7. The fraction of sp³-hybridized carbons (Fsp3) is 0.429. The van der Waals surface area contributed by atoms with Crippen LogP contribution in [-0.2, 0) is 21.4 Å². The summed E-state index contributed by atoms with van der Waals surface area (Å²) in [5.41, 5.74) is 1.65. The lowest BCUT2D eigenvalue weighted by molar-refractivity contribution is -0.118. The summed E-state index contributed by atoms with van der Waals surface area (Å²) < 4.78 is 10.6. The van der Waals surface area contributed by atoms with E-state index in [2.05, 4.69) is 26.1 Å². The van der Waals surface area contributed by atoms with Crippen LogP contribution in [0.1, 0.15) is 55.4 Å². The summed E-state index contributed by atoms with van der Waals surface area (Å²) in [6.45, 7) is 10.3. The quantitative estimate of drug-likeness (QED) is 0.691. The summed E-state index contributed by atoms with van der Waals surface area (Å²) in [5, 5.41) is 3.27. The molecule has 0 aliphatic rings. The molecule has 0 fully saturated rings. The molecule has 1 aromatic carbocycles. The van der Waals surface area contributed by atoms with Gasteiger partial charge in [0.2, 0.25) is 0 Å². The van der Waals surface area contributed by atoms with Gasteiger partial charge in [-0.1, -0.05) is 39.8 Å². The molecule has 27 heavy (non-hydrogen) atoms. The Hall–Kier alpha value is -2.34. The number of aryl methyl sites for hydroxylation is 1. The van der Waals surface area contributed by atoms with E-state index in [4.69, 9.17) is 9.47 Å². The van der Waals surface area contributed by atoms with Crippen LogP contribution in [0.25, 0.3) is 0 Å². The fourth-order valence-electron chi connectivity index (χ4n) is 2.43. The minimum atomic E-state index is -0.428. The average molecular weight is 390 g/mol. The van der Waals surface area contributed by atoms with E-state index < -0.39 is 5.97 Å². The average Bonchev–Trinajstić information content (AvgIpc) is 3.03. The lowest BCUT2D eigenvalue weighted by Crippen LogP contribution is -2.21. The highest BCUT2D eigenvalue weighted by Crippen LogP contribution is 2.29. The molecular weight excluding hydrogens is 362 g/mol. The summed E-state index contributed by atoms with van der Waals surface area (Å²) in [6.07, 6.45) is 0.781. The molecule has 0 saturated heterocycles. The Morgan fingerprint density at radius 2 is 1.78 bits per heavy atom. The van der Waals surface area contributed by atoms with E-state index >= 15 is 0 Å². The summed E-state index contributed by atoms with van der Waals surface area (Å²) in [6, 6.07) is 9.48. The molecule has 2 rings (SSSR count). The first-order valence-electron chi connectivity index (χ1n) is 9.07. The standard InChI is InChI=1S/C21H27NO4S/c1-6-16-12-17(20(24)25-7-2)19(27-16)22-18(23)13-26-15-10-8-14(9-11-15)21(3,4)5/h8-12H,6-7,13H2,1-5H3,(H,22,23). The first-order chi connectivity index (χ1) is 12.7. The first kappa shape index (κ1) is 21.0. The third-order valence-electron chi connectivity index (χ3n) is 3.97. The number of hydrogen-bond donors (Lipinski definition) is 1. The molecule has 6 heteroatoms. The van der Waals surface area contributed by atoms with Gasteiger partial charge in [0.25, 0.3) is 5.91 Å². The normalized spacial score (nSPS) is 11.1. The molecule has 1 aromatic heterocycles. The number of hydrogen-bond acceptors (Lipinski definition) is 5. The van der Waals surface area contributed by atoms with Crippen molar-refractivity contribution in [1.82, 2.24) is 0 Å². The molecule has 0 bridgehead atoms. The predicted octanol–water partition coefficient (Wildman–Crippen LogP) is 4.80. The van der Waals surface area contributed by atoms with Crippen LogP contribution in [0.3, 0.4) is 0 Å². The molecule has 1 amide bonds. The molecule has 1 N–H and O–H groups in total. The zero-order chi connectivity index (χ0) is 20.0. The minimum Gasteiger partial charge on any atom is -0.484 e. The Morgan fingerprint density at radius 3 is 2.33 bits per heavy atom.